The fraction of sp³-hybridized carbons (Fsp3) is 0.600. The summed E-state index contributed by atoms with van der Waals surface area (Å²) in [6, 6.07) is 5.50. The molecule has 0 spiro atoms. The summed E-state index contributed by atoms with van der Waals surface area (Å²) < 4.78 is 5.53. The number of amides is 1. The number of ether oxygens (including phenoxy) is 1. The van der Waals surface area contributed by atoms with Gasteiger partial charge in [-0.1, -0.05) is 6.07 Å². The number of aromatic nitrogens is 1. The molecule has 5 heteroatoms. The van der Waals surface area contributed by atoms with E-state index in [9.17, 15) is 4.79 Å². The van der Waals surface area contributed by atoms with Crippen LogP contribution in [0.5, 0.6) is 0 Å². The van der Waals surface area contributed by atoms with Gasteiger partial charge in [0.25, 0.3) is 5.91 Å². The van der Waals surface area contributed by atoms with Gasteiger partial charge in [0.1, 0.15) is 11.5 Å². The van der Waals surface area contributed by atoms with Gasteiger partial charge in [-0.3, -0.25) is 4.79 Å². The SMILES string of the molecule is CCNc1cccc(C(=O)N2CCCC(C)(OC)C2)n1. The van der Waals surface area contributed by atoms with Crippen molar-refractivity contribution in [1.82, 2.24) is 9.88 Å². The van der Waals surface area contributed by atoms with Crippen LogP contribution in [0.2, 0.25) is 0 Å². The highest BCUT2D eigenvalue weighted by atomic mass is 16.5. The van der Waals surface area contributed by atoms with Crippen molar-refractivity contribution in [3.8, 4) is 0 Å². The first-order chi connectivity index (χ1) is 9.58. The van der Waals surface area contributed by atoms with Crippen LogP contribution in [0.4, 0.5) is 5.82 Å². The summed E-state index contributed by atoms with van der Waals surface area (Å²) in [5.74, 6) is 0.720. The summed E-state index contributed by atoms with van der Waals surface area (Å²) in [7, 11) is 1.71. The number of nitrogens with one attached hydrogen (secondary N) is 1. The molecule has 0 saturated carbocycles. The van der Waals surface area contributed by atoms with Gasteiger partial charge in [-0.2, -0.15) is 0 Å². The Hall–Kier alpha value is -1.62. The van der Waals surface area contributed by atoms with Crippen molar-refractivity contribution < 1.29 is 9.53 Å². The minimum atomic E-state index is -0.243. The van der Waals surface area contributed by atoms with Crippen molar-refractivity contribution in [2.24, 2.45) is 0 Å². The summed E-state index contributed by atoms with van der Waals surface area (Å²) in [4.78, 5) is 18.7. The molecule has 1 fully saturated rings. The minimum absolute atomic E-state index is 0.0206. The molecule has 0 aliphatic carbocycles. The number of anilines is 1. The smallest absolute Gasteiger partial charge is 0.272 e. The Labute approximate surface area is 120 Å². The third kappa shape index (κ3) is 3.28. The number of hydrogen-bond acceptors (Lipinski definition) is 4. The Morgan fingerprint density at radius 1 is 1.55 bits per heavy atom. The third-order valence-electron chi connectivity index (χ3n) is 3.77. The Bertz CT molecular complexity index is 478. The van der Waals surface area contributed by atoms with E-state index in [1.807, 2.05) is 24.0 Å². The molecule has 0 radical (unpaired) electrons. The minimum Gasteiger partial charge on any atom is -0.377 e. The van der Waals surface area contributed by atoms with Crippen molar-refractivity contribution in [1.29, 1.82) is 0 Å². The highest BCUT2D eigenvalue weighted by Crippen LogP contribution is 2.24. The second-order valence-corrected chi connectivity index (χ2v) is 5.42. The zero-order chi connectivity index (χ0) is 14.6. The van der Waals surface area contributed by atoms with Crippen molar-refractivity contribution in [2.75, 3.05) is 32.1 Å². The van der Waals surface area contributed by atoms with Crippen LogP contribution < -0.4 is 5.32 Å². The van der Waals surface area contributed by atoms with Gasteiger partial charge in [0.05, 0.1) is 5.60 Å². The molecule has 1 N–H and O–H groups in total. The normalized spacial score (nSPS) is 22.6. The van der Waals surface area contributed by atoms with Gasteiger partial charge in [0, 0.05) is 26.7 Å². The van der Waals surface area contributed by atoms with E-state index in [1.165, 1.54) is 0 Å². The Morgan fingerprint density at radius 3 is 3.05 bits per heavy atom. The number of likely N-dealkylation sites (tertiary alicyclic amines) is 1. The number of carbonyl (C=O) groups excluding carboxylic acids is 1. The van der Waals surface area contributed by atoms with Crippen LogP contribution in [-0.4, -0.2) is 48.1 Å². The van der Waals surface area contributed by atoms with Crippen molar-refractivity contribution >= 4 is 11.7 Å². The standard InChI is InChI=1S/C15H23N3O2/c1-4-16-13-8-5-7-12(17-13)14(19)18-10-6-9-15(2,11-18)20-3/h5,7-8H,4,6,9-11H2,1-3H3,(H,16,17). The summed E-state index contributed by atoms with van der Waals surface area (Å²) in [5.41, 5.74) is 0.247. The predicted octanol–water partition coefficient (Wildman–Crippen LogP) is 2.15. The molecule has 1 saturated heterocycles. The third-order valence-corrected chi connectivity index (χ3v) is 3.77. The quantitative estimate of drug-likeness (QED) is 0.916. The Balaban J connectivity index is 2.12. The van der Waals surface area contributed by atoms with E-state index in [0.29, 0.717) is 12.2 Å². The van der Waals surface area contributed by atoms with Gasteiger partial charge in [0.15, 0.2) is 0 Å². The van der Waals surface area contributed by atoms with Crippen LogP contribution in [0.25, 0.3) is 0 Å². The molecule has 1 aliphatic heterocycles. The maximum Gasteiger partial charge on any atom is 0.272 e. The molecule has 0 bridgehead atoms. The lowest BCUT2D eigenvalue weighted by Gasteiger charge is -2.39. The fourth-order valence-corrected chi connectivity index (χ4v) is 2.54. The van der Waals surface area contributed by atoms with Crippen LogP contribution >= 0.6 is 0 Å². The van der Waals surface area contributed by atoms with E-state index < -0.39 is 0 Å². The Morgan fingerprint density at radius 2 is 2.35 bits per heavy atom. The largest absolute Gasteiger partial charge is 0.377 e. The summed E-state index contributed by atoms with van der Waals surface area (Å²) in [5, 5.41) is 3.13. The summed E-state index contributed by atoms with van der Waals surface area (Å²) in [6.45, 7) is 6.23. The van der Waals surface area contributed by atoms with Crippen molar-refractivity contribution in [2.45, 2.75) is 32.3 Å². The molecule has 1 unspecified atom stereocenters. The van der Waals surface area contributed by atoms with Crippen LogP contribution in [0, 0.1) is 0 Å². The van der Waals surface area contributed by atoms with E-state index in [2.05, 4.69) is 17.2 Å². The summed E-state index contributed by atoms with van der Waals surface area (Å²) >= 11 is 0. The number of piperidine rings is 1. The molecule has 1 aromatic heterocycles. The summed E-state index contributed by atoms with van der Waals surface area (Å²) in [6.07, 6.45) is 1.95. The van der Waals surface area contributed by atoms with E-state index >= 15 is 0 Å². The second-order valence-electron chi connectivity index (χ2n) is 5.42. The van der Waals surface area contributed by atoms with Gasteiger partial charge < -0.3 is 15.0 Å². The molecule has 5 nitrogen and oxygen atoms in total. The Kier molecular flexibility index (Phi) is 4.60. The highest BCUT2D eigenvalue weighted by Gasteiger charge is 2.33. The van der Waals surface area contributed by atoms with Crippen LogP contribution in [0.3, 0.4) is 0 Å². The maximum atomic E-state index is 12.5. The lowest BCUT2D eigenvalue weighted by molar-refractivity contribution is -0.0441. The average molecular weight is 277 g/mol. The van der Waals surface area contributed by atoms with E-state index in [4.69, 9.17) is 4.74 Å². The van der Waals surface area contributed by atoms with E-state index in [0.717, 1.165) is 31.7 Å². The predicted molar refractivity (Wildman–Crippen MR) is 79.0 cm³/mol. The van der Waals surface area contributed by atoms with E-state index in [1.54, 1.807) is 13.2 Å². The van der Waals surface area contributed by atoms with Gasteiger partial charge >= 0.3 is 0 Å². The monoisotopic (exact) mass is 277 g/mol. The van der Waals surface area contributed by atoms with Gasteiger partial charge in [0.2, 0.25) is 0 Å². The van der Waals surface area contributed by atoms with Crippen molar-refractivity contribution in [3.05, 3.63) is 23.9 Å². The zero-order valence-corrected chi connectivity index (χ0v) is 12.5. The first kappa shape index (κ1) is 14.8. The van der Waals surface area contributed by atoms with Crippen LogP contribution in [0.15, 0.2) is 18.2 Å². The number of nitrogens with zero attached hydrogens (tertiary/aromatic N) is 2. The molecule has 110 valence electrons. The van der Waals surface area contributed by atoms with Gasteiger partial charge in [-0.15, -0.1) is 0 Å². The molecule has 2 rings (SSSR count). The van der Waals surface area contributed by atoms with Crippen molar-refractivity contribution in [3.63, 3.8) is 0 Å². The molecule has 1 aromatic rings. The number of pyridine rings is 1. The molecule has 20 heavy (non-hydrogen) atoms. The number of rotatable bonds is 4. The molecular weight excluding hydrogens is 254 g/mol. The fourth-order valence-electron chi connectivity index (χ4n) is 2.54. The highest BCUT2D eigenvalue weighted by molar-refractivity contribution is 5.92. The van der Waals surface area contributed by atoms with Gasteiger partial charge in [-0.25, -0.2) is 4.98 Å². The van der Waals surface area contributed by atoms with Crippen LogP contribution in [0.1, 0.15) is 37.2 Å². The number of hydrogen-bond donors (Lipinski definition) is 1. The molecule has 1 atom stereocenters. The molecule has 1 amide bonds. The number of carbonyl (C=O) groups is 1. The lowest BCUT2D eigenvalue weighted by atomic mass is 9.94. The molecule has 2 heterocycles. The zero-order valence-electron chi connectivity index (χ0n) is 12.5. The molecule has 0 aromatic carbocycles. The second kappa shape index (κ2) is 6.22. The van der Waals surface area contributed by atoms with Gasteiger partial charge in [-0.05, 0) is 38.8 Å². The maximum absolute atomic E-state index is 12.5. The average Bonchev–Trinajstić information content (AvgIpc) is 2.47. The lowest BCUT2D eigenvalue weighted by Crippen LogP contribution is -2.49. The molecular formula is C15H23N3O2. The number of methoxy groups -OCH3 is 1. The van der Waals surface area contributed by atoms with Crippen LogP contribution in [-0.2, 0) is 4.74 Å². The van der Waals surface area contributed by atoms with E-state index in [-0.39, 0.29) is 11.5 Å². The molecule has 1 aliphatic rings. The first-order valence-corrected chi connectivity index (χ1v) is 7.13. The topological polar surface area (TPSA) is 54.5 Å². The first-order valence-electron chi connectivity index (χ1n) is 7.13.